The van der Waals surface area contributed by atoms with Gasteiger partial charge in [0.1, 0.15) is 6.61 Å². The van der Waals surface area contributed by atoms with Crippen molar-refractivity contribution in [1.29, 1.82) is 0 Å². The number of likely N-dealkylation sites (N-methyl/N-ethyl adjacent to an activating group) is 1. The summed E-state index contributed by atoms with van der Waals surface area (Å²) in [4.78, 5) is 28.4. The summed E-state index contributed by atoms with van der Waals surface area (Å²) in [5.41, 5.74) is 0.925. The highest BCUT2D eigenvalue weighted by molar-refractivity contribution is 5.70. The zero-order valence-corrected chi connectivity index (χ0v) is 13.5. The maximum Gasteiger partial charge on any atom is 0.410 e. The number of amides is 2. The van der Waals surface area contributed by atoms with Crippen LogP contribution in [0.15, 0.2) is 30.3 Å². The third-order valence-corrected chi connectivity index (χ3v) is 3.77. The van der Waals surface area contributed by atoms with Crippen LogP contribution in [0.2, 0.25) is 0 Å². The minimum atomic E-state index is -0.953. The van der Waals surface area contributed by atoms with Crippen LogP contribution < -0.4 is 0 Å². The van der Waals surface area contributed by atoms with Crippen LogP contribution in [-0.4, -0.2) is 78.3 Å². The fraction of sp³-hybridized carbons (Fsp3) is 0.500. The van der Waals surface area contributed by atoms with Gasteiger partial charge in [-0.1, -0.05) is 30.3 Å². The lowest BCUT2D eigenvalue weighted by atomic mass is 10.1. The average Bonchev–Trinajstić information content (AvgIpc) is 2.53. The van der Waals surface area contributed by atoms with E-state index in [-0.39, 0.29) is 12.6 Å². The number of carbonyl (C=O) groups excluding carboxylic acids is 1. The molecule has 2 amide bonds. The monoisotopic (exact) mass is 321 g/mol. The number of nitrogens with zero attached hydrogens (tertiary/aromatic N) is 3. The van der Waals surface area contributed by atoms with E-state index in [0.29, 0.717) is 26.2 Å². The highest BCUT2D eigenvalue weighted by atomic mass is 16.6. The first kappa shape index (κ1) is 17.1. The van der Waals surface area contributed by atoms with E-state index in [0.717, 1.165) is 5.56 Å². The summed E-state index contributed by atoms with van der Waals surface area (Å²) in [5, 5.41) is 9.14. The Kier molecular flexibility index (Phi) is 5.81. The largest absolute Gasteiger partial charge is 0.465 e. The molecule has 0 aliphatic carbocycles. The summed E-state index contributed by atoms with van der Waals surface area (Å²) in [6, 6.07) is 9.27. The van der Waals surface area contributed by atoms with E-state index in [1.165, 1.54) is 4.90 Å². The molecule has 1 heterocycles. The van der Waals surface area contributed by atoms with Crippen molar-refractivity contribution >= 4 is 12.2 Å². The summed E-state index contributed by atoms with van der Waals surface area (Å²) >= 11 is 0. The fourth-order valence-electron chi connectivity index (χ4n) is 2.65. The Bertz CT molecular complexity index is 535. The van der Waals surface area contributed by atoms with Crippen molar-refractivity contribution in [2.75, 3.05) is 40.3 Å². The molecule has 1 aromatic carbocycles. The molecule has 1 N–H and O–H groups in total. The first-order chi connectivity index (χ1) is 11.0. The van der Waals surface area contributed by atoms with Gasteiger partial charge in [0, 0.05) is 26.2 Å². The van der Waals surface area contributed by atoms with Gasteiger partial charge in [-0.2, -0.15) is 0 Å². The lowest BCUT2D eigenvalue weighted by molar-refractivity contribution is 0.0358. The summed E-state index contributed by atoms with van der Waals surface area (Å²) in [5.74, 6) is 0. The Morgan fingerprint density at radius 3 is 2.57 bits per heavy atom. The maximum absolute atomic E-state index is 12.4. The van der Waals surface area contributed by atoms with Gasteiger partial charge in [-0.05, 0) is 19.7 Å². The van der Waals surface area contributed by atoms with Gasteiger partial charge in [0.2, 0.25) is 0 Å². The van der Waals surface area contributed by atoms with E-state index < -0.39 is 12.2 Å². The van der Waals surface area contributed by atoms with Crippen molar-refractivity contribution in [3.8, 4) is 0 Å². The van der Waals surface area contributed by atoms with E-state index in [1.54, 1.807) is 4.90 Å². The molecule has 1 unspecified atom stereocenters. The normalized spacial score (nSPS) is 18.1. The molecule has 7 nitrogen and oxygen atoms in total. The molecule has 1 aliphatic rings. The molecule has 1 atom stereocenters. The van der Waals surface area contributed by atoms with Crippen LogP contribution in [0.3, 0.4) is 0 Å². The van der Waals surface area contributed by atoms with Crippen molar-refractivity contribution in [2.45, 2.75) is 12.6 Å². The molecule has 1 aromatic rings. The van der Waals surface area contributed by atoms with Crippen molar-refractivity contribution in [3.05, 3.63) is 35.9 Å². The van der Waals surface area contributed by atoms with Gasteiger partial charge in [0.05, 0.1) is 6.04 Å². The summed E-state index contributed by atoms with van der Waals surface area (Å²) in [6.45, 7) is 1.75. The van der Waals surface area contributed by atoms with E-state index in [1.807, 2.05) is 49.3 Å². The van der Waals surface area contributed by atoms with Crippen LogP contribution in [-0.2, 0) is 11.3 Å². The van der Waals surface area contributed by atoms with Gasteiger partial charge in [0.15, 0.2) is 0 Å². The Hall–Kier alpha value is -2.28. The predicted octanol–water partition coefficient (Wildman–Crippen LogP) is 1.55. The number of carboxylic acid groups (broad SMARTS) is 1. The first-order valence-electron chi connectivity index (χ1n) is 7.57. The molecule has 7 heteroatoms. The van der Waals surface area contributed by atoms with Crippen molar-refractivity contribution < 1.29 is 19.4 Å². The smallest absolute Gasteiger partial charge is 0.410 e. The molecule has 0 spiro atoms. The molecule has 2 rings (SSSR count). The maximum atomic E-state index is 12.4. The zero-order valence-electron chi connectivity index (χ0n) is 13.5. The van der Waals surface area contributed by atoms with Gasteiger partial charge >= 0.3 is 12.2 Å². The molecule has 1 saturated heterocycles. The first-order valence-corrected chi connectivity index (χ1v) is 7.57. The number of piperazine rings is 1. The average molecular weight is 321 g/mol. The molecule has 0 aromatic heterocycles. The number of hydrogen-bond acceptors (Lipinski definition) is 4. The Labute approximate surface area is 136 Å². The van der Waals surface area contributed by atoms with Crippen LogP contribution in [0.4, 0.5) is 9.59 Å². The minimum absolute atomic E-state index is 0.210. The second-order valence-corrected chi connectivity index (χ2v) is 5.88. The fourth-order valence-corrected chi connectivity index (χ4v) is 2.65. The Morgan fingerprint density at radius 1 is 1.26 bits per heavy atom. The van der Waals surface area contributed by atoms with E-state index in [2.05, 4.69) is 0 Å². The van der Waals surface area contributed by atoms with Crippen LogP contribution in [0, 0.1) is 0 Å². The van der Waals surface area contributed by atoms with Crippen LogP contribution in [0.1, 0.15) is 5.56 Å². The van der Waals surface area contributed by atoms with Gasteiger partial charge in [-0.15, -0.1) is 0 Å². The molecule has 0 bridgehead atoms. The summed E-state index contributed by atoms with van der Waals surface area (Å²) in [6.07, 6.45) is -1.35. The second-order valence-electron chi connectivity index (χ2n) is 5.88. The molecule has 0 saturated carbocycles. The number of hydrogen-bond donors (Lipinski definition) is 1. The zero-order chi connectivity index (χ0) is 16.8. The standard InChI is InChI=1S/C16H23N3O4/c1-17(2)10-14-11-18(15(20)21)8-9-19(14)16(22)23-12-13-6-4-3-5-7-13/h3-7,14H,8-12H2,1-2H3,(H,20,21). The van der Waals surface area contributed by atoms with Crippen LogP contribution >= 0.6 is 0 Å². The van der Waals surface area contributed by atoms with E-state index in [4.69, 9.17) is 9.84 Å². The lowest BCUT2D eigenvalue weighted by Crippen LogP contribution is -2.59. The number of rotatable bonds is 4. The summed E-state index contributed by atoms with van der Waals surface area (Å²) in [7, 11) is 3.79. The molecule has 23 heavy (non-hydrogen) atoms. The van der Waals surface area contributed by atoms with Gasteiger partial charge in [-0.25, -0.2) is 9.59 Å². The van der Waals surface area contributed by atoms with Gasteiger partial charge in [0.25, 0.3) is 0 Å². The third-order valence-electron chi connectivity index (χ3n) is 3.77. The van der Waals surface area contributed by atoms with Gasteiger partial charge in [-0.3, -0.25) is 0 Å². The molecule has 1 fully saturated rings. The second kappa shape index (κ2) is 7.82. The van der Waals surface area contributed by atoms with Gasteiger partial charge < -0.3 is 24.5 Å². The predicted molar refractivity (Wildman–Crippen MR) is 85.3 cm³/mol. The highest BCUT2D eigenvalue weighted by Gasteiger charge is 2.33. The molecule has 126 valence electrons. The van der Waals surface area contributed by atoms with E-state index >= 15 is 0 Å². The van der Waals surface area contributed by atoms with Crippen LogP contribution in [0.25, 0.3) is 0 Å². The Morgan fingerprint density at radius 2 is 1.96 bits per heavy atom. The number of benzene rings is 1. The number of ether oxygens (including phenoxy) is 1. The molecular weight excluding hydrogens is 298 g/mol. The van der Waals surface area contributed by atoms with Crippen molar-refractivity contribution in [1.82, 2.24) is 14.7 Å². The quantitative estimate of drug-likeness (QED) is 0.911. The van der Waals surface area contributed by atoms with E-state index in [9.17, 15) is 9.59 Å². The third kappa shape index (κ3) is 4.85. The topological polar surface area (TPSA) is 73.3 Å². The van der Waals surface area contributed by atoms with Crippen LogP contribution in [0.5, 0.6) is 0 Å². The SMILES string of the molecule is CN(C)CC1CN(C(=O)O)CCN1C(=O)OCc1ccccc1. The minimum Gasteiger partial charge on any atom is -0.465 e. The summed E-state index contributed by atoms with van der Waals surface area (Å²) < 4.78 is 5.38. The molecular formula is C16H23N3O4. The lowest BCUT2D eigenvalue weighted by Gasteiger charge is -2.40. The van der Waals surface area contributed by atoms with Crippen molar-refractivity contribution in [2.24, 2.45) is 0 Å². The molecule has 1 aliphatic heterocycles. The number of carbonyl (C=O) groups is 2. The highest BCUT2D eigenvalue weighted by Crippen LogP contribution is 2.14. The molecule has 0 radical (unpaired) electrons. The van der Waals surface area contributed by atoms with Crippen molar-refractivity contribution in [3.63, 3.8) is 0 Å². The Balaban J connectivity index is 1.97.